The number of hydrogen-bond acceptors (Lipinski definition) is 8. The molecule has 0 radical (unpaired) electrons. The summed E-state index contributed by atoms with van der Waals surface area (Å²) in [6, 6.07) is 0. The maximum atomic E-state index is 11.6. The van der Waals surface area contributed by atoms with Crippen molar-refractivity contribution in [1.29, 1.82) is 0 Å². The second-order valence-corrected chi connectivity index (χ2v) is 8.68. The van der Waals surface area contributed by atoms with Gasteiger partial charge in [-0.15, -0.1) is 0 Å². The predicted octanol–water partition coefficient (Wildman–Crippen LogP) is 5.41. The first-order valence-electron chi connectivity index (χ1n) is 11.7. The van der Waals surface area contributed by atoms with E-state index in [1.165, 1.54) is 19.1 Å². The molecular weight excluding hydrogens is 496 g/mol. The Morgan fingerprint density at radius 3 is 1.58 bits per heavy atom. The molecule has 0 aromatic heterocycles. The van der Waals surface area contributed by atoms with Gasteiger partial charge < -0.3 is 24.4 Å². The fourth-order valence-electron chi connectivity index (χ4n) is 1.29. The minimum atomic E-state index is -0.935. The van der Waals surface area contributed by atoms with Crippen molar-refractivity contribution < 1.29 is 48.4 Å². The summed E-state index contributed by atoms with van der Waals surface area (Å²) in [4.78, 5) is 52.4. The number of carbonyl (C=O) groups excluding carboxylic acids is 3. The standard InChI is InChI=1S/C12H18O4.C7H12O2.C5H8O2.C4H6O2/c1-6-8-9(15-10(13)7-2)11(14)16-12(3,4)5;1-4-7(8)9-5-6(2)3;1-3-4(2)5(6)7;1-3(2)4(5)6/h7-8H,2,6H2,1,3-5H3;4,6H,1,5H2,2-3H3;2-3H2,1H3,(H,6,7);1H2,2H3,(H,5,6). The van der Waals surface area contributed by atoms with Crippen LogP contribution in [0.1, 0.15) is 68.2 Å². The quantitative estimate of drug-likeness (QED) is 0.159. The predicted molar refractivity (Wildman–Crippen MR) is 146 cm³/mol. The van der Waals surface area contributed by atoms with Crippen LogP contribution < -0.4 is 0 Å². The second-order valence-electron chi connectivity index (χ2n) is 8.68. The molecule has 10 heteroatoms. The van der Waals surface area contributed by atoms with Crippen LogP contribution in [-0.2, 0) is 38.2 Å². The van der Waals surface area contributed by atoms with Crippen LogP contribution in [0.2, 0.25) is 0 Å². The molecule has 216 valence electrons. The van der Waals surface area contributed by atoms with Crippen molar-refractivity contribution in [2.45, 2.75) is 73.8 Å². The molecule has 0 saturated heterocycles. The molecule has 0 aromatic carbocycles. The number of carboxylic acid groups (broad SMARTS) is 2. The van der Waals surface area contributed by atoms with E-state index in [1.807, 2.05) is 20.8 Å². The third-order valence-electron chi connectivity index (χ3n) is 3.19. The molecule has 0 unspecified atom stereocenters. The van der Waals surface area contributed by atoms with Gasteiger partial charge in [0.1, 0.15) is 5.60 Å². The summed E-state index contributed by atoms with van der Waals surface area (Å²) < 4.78 is 14.6. The van der Waals surface area contributed by atoms with Gasteiger partial charge in [0.2, 0.25) is 5.76 Å². The molecule has 0 aliphatic carbocycles. The molecule has 2 N–H and O–H groups in total. The maximum Gasteiger partial charge on any atom is 0.374 e. The van der Waals surface area contributed by atoms with Gasteiger partial charge in [0.05, 0.1) is 6.61 Å². The van der Waals surface area contributed by atoms with Gasteiger partial charge in [-0.05, 0) is 52.5 Å². The number of ether oxygens (including phenoxy) is 3. The SMILES string of the molecule is C=C(C)C(=O)O.C=C(CC)C(=O)O.C=CC(=O)OC(=CCC)C(=O)OC(C)(C)C.C=CC(=O)OCC(C)C. The Bertz CT molecular complexity index is 843. The Hall–Kier alpha value is -3.95. The van der Waals surface area contributed by atoms with Crippen molar-refractivity contribution in [1.82, 2.24) is 0 Å². The van der Waals surface area contributed by atoms with Gasteiger partial charge in [0.15, 0.2) is 0 Å². The van der Waals surface area contributed by atoms with Crippen LogP contribution in [0.3, 0.4) is 0 Å². The zero-order valence-electron chi connectivity index (χ0n) is 23.9. The number of hydrogen-bond donors (Lipinski definition) is 2. The lowest BCUT2D eigenvalue weighted by atomic mass is 10.2. The molecule has 10 nitrogen and oxygen atoms in total. The average molecular weight is 541 g/mol. The van der Waals surface area contributed by atoms with Gasteiger partial charge in [-0.1, -0.05) is 54.0 Å². The van der Waals surface area contributed by atoms with Gasteiger partial charge in [-0.3, -0.25) is 0 Å². The van der Waals surface area contributed by atoms with Crippen molar-refractivity contribution >= 4 is 29.8 Å². The summed E-state index contributed by atoms with van der Waals surface area (Å²) in [6.45, 7) is 27.6. The number of allylic oxidation sites excluding steroid dienone is 1. The Kier molecular flexibility index (Phi) is 25.4. The topological polar surface area (TPSA) is 154 Å². The lowest BCUT2D eigenvalue weighted by Gasteiger charge is -2.20. The van der Waals surface area contributed by atoms with Crippen LogP contribution >= 0.6 is 0 Å². The number of aliphatic carboxylic acids is 2. The van der Waals surface area contributed by atoms with E-state index in [0.717, 1.165) is 6.08 Å². The first-order valence-corrected chi connectivity index (χ1v) is 11.7. The van der Waals surface area contributed by atoms with Crippen LogP contribution in [0.15, 0.2) is 61.4 Å². The molecule has 0 aliphatic rings. The molecule has 0 bridgehead atoms. The Labute approximate surface area is 226 Å². The van der Waals surface area contributed by atoms with E-state index in [1.54, 1.807) is 27.7 Å². The minimum Gasteiger partial charge on any atom is -0.478 e. The number of carboxylic acids is 2. The van der Waals surface area contributed by atoms with Crippen molar-refractivity contribution in [2.24, 2.45) is 5.92 Å². The minimum absolute atomic E-state index is 0.0951. The number of esters is 3. The Balaban J connectivity index is -0.000000222. The highest BCUT2D eigenvalue weighted by Gasteiger charge is 2.22. The van der Waals surface area contributed by atoms with E-state index < -0.39 is 29.5 Å². The molecule has 0 rings (SSSR count). The second kappa shape index (κ2) is 23.4. The van der Waals surface area contributed by atoms with Crippen LogP contribution in [0.4, 0.5) is 0 Å². The zero-order valence-corrected chi connectivity index (χ0v) is 23.9. The van der Waals surface area contributed by atoms with Crippen LogP contribution in [0.5, 0.6) is 0 Å². The monoisotopic (exact) mass is 540 g/mol. The molecule has 0 heterocycles. The maximum absolute atomic E-state index is 11.6. The van der Waals surface area contributed by atoms with Crippen molar-refractivity contribution in [3.8, 4) is 0 Å². The van der Waals surface area contributed by atoms with Crippen molar-refractivity contribution in [2.75, 3.05) is 6.61 Å². The summed E-state index contributed by atoms with van der Waals surface area (Å²) in [6.07, 6.45) is 4.75. The molecule has 0 amide bonds. The summed E-state index contributed by atoms with van der Waals surface area (Å²) in [7, 11) is 0. The van der Waals surface area contributed by atoms with Gasteiger partial charge in [-0.25, -0.2) is 24.0 Å². The van der Waals surface area contributed by atoms with E-state index in [0.29, 0.717) is 25.4 Å². The summed E-state index contributed by atoms with van der Waals surface area (Å²) >= 11 is 0. The van der Waals surface area contributed by atoms with Crippen LogP contribution in [0, 0.1) is 5.92 Å². The lowest BCUT2D eigenvalue weighted by molar-refractivity contribution is -0.157. The Morgan fingerprint density at radius 2 is 1.34 bits per heavy atom. The fourth-order valence-corrected chi connectivity index (χ4v) is 1.29. The normalized spacial score (nSPS) is 9.87. The van der Waals surface area contributed by atoms with E-state index in [4.69, 9.17) is 24.4 Å². The van der Waals surface area contributed by atoms with Crippen molar-refractivity contribution in [3.05, 3.63) is 61.4 Å². The molecule has 0 atom stereocenters. The summed E-state index contributed by atoms with van der Waals surface area (Å²) in [5.74, 6) is -3.20. The highest BCUT2D eigenvalue weighted by molar-refractivity contribution is 5.92. The summed E-state index contributed by atoms with van der Waals surface area (Å²) in [5, 5.41) is 16.0. The van der Waals surface area contributed by atoms with Gasteiger partial charge >= 0.3 is 29.8 Å². The van der Waals surface area contributed by atoms with Crippen LogP contribution in [-0.4, -0.2) is 52.3 Å². The number of carbonyl (C=O) groups is 5. The van der Waals surface area contributed by atoms with Gasteiger partial charge in [0, 0.05) is 23.3 Å². The van der Waals surface area contributed by atoms with E-state index in [2.05, 4.69) is 26.3 Å². The lowest BCUT2D eigenvalue weighted by Crippen LogP contribution is -2.26. The highest BCUT2D eigenvalue weighted by Crippen LogP contribution is 2.12. The average Bonchev–Trinajstić information content (AvgIpc) is 2.81. The van der Waals surface area contributed by atoms with Crippen LogP contribution in [0.25, 0.3) is 0 Å². The largest absolute Gasteiger partial charge is 0.478 e. The third kappa shape index (κ3) is 32.0. The van der Waals surface area contributed by atoms with Gasteiger partial charge in [-0.2, -0.15) is 0 Å². The molecule has 38 heavy (non-hydrogen) atoms. The first kappa shape index (κ1) is 41.2. The zero-order chi connectivity index (χ0) is 31.1. The molecule has 0 aromatic rings. The highest BCUT2D eigenvalue weighted by atomic mass is 16.6. The van der Waals surface area contributed by atoms with E-state index >= 15 is 0 Å². The molecular formula is C28H44O10. The summed E-state index contributed by atoms with van der Waals surface area (Å²) in [5.41, 5.74) is -0.181. The Morgan fingerprint density at radius 1 is 0.895 bits per heavy atom. The number of rotatable bonds is 10. The van der Waals surface area contributed by atoms with E-state index in [9.17, 15) is 24.0 Å². The first-order chi connectivity index (χ1) is 17.3. The molecule has 0 saturated carbocycles. The molecule has 0 spiro atoms. The molecule has 0 aliphatic heterocycles. The van der Waals surface area contributed by atoms with E-state index in [-0.39, 0.29) is 22.9 Å². The van der Waals surface area contributed by atoms with Gasteiger partial charge in [0.25, 0.3) is 0 Å². The fraction of sp³-hybridized carbons (Fsp3) is 0.464. The third-order valence-corrected chi connectivity index (χ3v) is 3.19. The molecule has 0 fully saturated rings. The van der Waals surface area contributed by atoms with Crippen molar-refractivity contribution in [3.63, 3.8) is 0 Å². The smallest absolute Gasteiger partial charge is 0.374 e.